The smallest absolute Gasteiger partial charge is 0.214 e. The van der Waals surface area contributed by atoms with Gasteiger partial charge in [0.15, 0.2) is 0 Å². The molecule has 2 unspecified atom stereocenters. The highest BCUT2D eigenvalue weighted by Gasteiger charge is 2.35. The highest BCUT2D eigenvalue weighted by Crippen LogP contribution is 2.19. The molecule has 2 atom stereocenters. The van der Waals surface area contributed by atoms with Gasteiger partial charge >= 0.3 is 0 Å². The highest BCUT2D eigenvalue weighted by molar-refractivity contribution is 7.89. The summed E-state index contributed by atoms with van der Waals surface area (Å²) < 4.78 is 30.5. The molecular formula is C9H18N2O3S. The second-order valence-electron chi connectivity index (χ2n) is 4.40. The molecule has 6 heteroatoms. The molecule has 0 aromatic carbocycles. The molecule has 5 nitrogen and oxygen atoms in total. The molecule has 0 amide bonds. The molecule has 0 aliphatic carbocycles. The number of morpholine rings is 1. The van der Waals surface area contributed by atoms with Gasteiger partial charge in [-0.25, -0.2) is 8.42 Å². The quantitative estimate of drug-likeness (QED) is 0.683. The zero-order chi connectivity index (χ0) is 10.9. The van der Waals surface area contributed by atoms with E-state index in [-0.39, 0.29) is 17.8 Å². The number of ether oxygens (including phenoxy) is 1. The van der Waals surface area contributed by atoms with E-state index in [0.29, 0.717) is 19.7 Å². The summed E-state index contributed by atoms with van der Waals surface area (Å²) in [5.74, 6) is 0.527. The minimum absolute atomic E-state index is 0.0128. The third-order valence-corrected chi connectivity index (χ3v) is 4.89. The van der Waals surface area contributed by atoms with Crippen LogP contribution in [0, 0.1) is 5.92 Å². The molecule has 15 heavy (non-hydrogen) atoms. The first-order valence-electron chi connectivity index (χ1n) is 5.38. The summed E-state index contributed by atoms with van der Waals surface area (Å²) in [6.45, 7) is 5.40. The summed E-state index contributed by atoms with van der Waals surface area (Å²) >= 11 is 0. The van der Waals surface area contributed by atoms with Crippen LogP contribution in [0.4, 0.5) is 0 Å². The average Bonchev–Trinajstić information content (AvgIpc) is 2.41. The van der Waals surface area contributed by atoms with Gasteiger partial charge in [0.2, 0.25) is 10.0 Å². The first-order valence-corrected chi connectivity index (χ1v) is 6.99. The van der Waals surface area contributed by atoms with Crippen LogP contribution in [-0.2, 0) is 14.8 Å². The third-order valence-electron chi connectivity index (χ3n) is 2.82. The van der Waals surface area contributed by atoms with Gasteiger partial charge in [-0.1, -0.05) is 6.92 Å². The maximum Gasteiger partial charge on any atom is 0.214 e. The molecule has 2 saturated heterocycles. The van der Waals surface area contributed by atoms with Crippen LogP contribution in [0.1, 0.15) is 6.92 Å². The molecule has 0 radical (unpaired) electrons. The lowest BCUT2D eigenvalue weighted by atomic mass is 10.2. The standard InChI is InChI=1S/C9H18N2O3S/c1-8-5-11(15(12,13)7-8)6-9-4-10-2-3-14-9/h8-10H,2-7H2,1H3. The maximum absolute atomic E-state index is 11.7. The summed E-state index contributed by atoms with van der Waals surface area (Å²) in [6, 6.07) is 0. The second-order valence-corrected chi connectivity index (χ2v) is 6.41. The maximum atomic E-state index is 11.7. The summed E-state index contributed by atoms with van der Waals surface area (Å²) in [7, 11) is -3.01. The molecule has 0 aromatic heterocycles. The van der Waals surface area contributed by atoms with Gasteiger partial charge in [-0.2, -0.15) is 4.31 Å². The lowest BCUT2D eigenvalue weighted by Crippen LogP contribution is -2.45. The van der Waals surface area contributed by atoms with Gasteiger partial charge in [0.25, 0.3) is 0 Å². The van der Waals surface area contributed by atoms with Gasteiger partial charge in [-0.05, 0) is 5.92 Å². The molecule has 1 N–H and O–H groups in total. The van der Waals surface area contributed by atoms with E-state index in [1.165, 1.54) is 0 Å². The summed E-state index contributed by atoms with van der Waals surface area (Å²) in [5.41, 5.74) is 0. The Morgan fingerprint density at radius 3 is 2.87 bits per heavy atom. The topological polar surface area (TPSA) is 58.6 Å². The van der Waals surface area contributed by atoms with Crippen LogP contribution >= 0.6 is 0 Å². The molecule has 0 aromatic rings. The van der Waals surface area contributed by atoms with E-state index in [0.717, 1.165) is 13.1 Å². The minimum Gasteiger partial charge on any atom is -0.374 e. The number of hydrogen-bond acceptors (Lipinski definition) is 4. The van der Waals surface area contributed by atoms with E-state index in [9.17, 15) is 8.42 Å². The van der Waals surface area contributed by atoms with Gasteiger partial charge in [-0.3, -0.25) is 0 Å². The van der Waals surface area contributed by atoms with Gasteiger partial charge in [0, 0.05) is 26.2 Å². The minimum atomic E-state index is -3.01. The SMILES string of the molecule is CC1CN(CC2CNCCO2)S(=O)(=O)C1. The average molecular weight is 234 g/mol. The lowest BCUT2D eigenvalue weighted by Gasteiger charge is -2.27. The van der Waals surface area contributed by atoms with Gasteiger partial charge in [0.05, 0.1) is 18.5 Å². The molecule has 2 aliphatic heterocycles. The molecule has 0 saturated carbocycles. The van der Waals surface area contributed by atoms with Crippen LogP contribution in [0.25, 0.3) is 0 Å². The van der Waals surface area contributed by atoms with Crippen molar-refractivity contribution in [2.24, 2.45) is 5.92 Å². The van der Waals surface area contributed by atoms with E-state index in [2.05, 4.69) is 5.32 Å². The number of hydrogen-bond donors (Lipinski definition) is 1. The van der Waals surface area contributed by atoms with Crippen molar-refractivity contribution >= 4 is 10.0 Å². The zero-order valence-electron chi connectivity index (χ0n) is 8.98. The van der Waals surface area contributed by atoms with Crippen molar-refractivity contribution in [2.75, 3.05) is 38.5 Å². The first kappa shape index (κ1) is 11.3. The van der Waals surface area contributed by atoms with Gasteiger partial charge < -0.3 is 10.1 Å². The van der Waals surface area contributed by atoms with Crippen molar-refractivity contribution in [3.8, 4) is 0 Å². The van der Waals surface area contributed by atoms with Crippen LogP contribution in [-0.4, -0.2) is 57.4 Å². The predicted octanol–water partition coefficient (Wildman–Crippen LogP) is -0.744. The second kappa shape index (κ2) is 4.37. The fourth-order valence-corrected chi connectivity index (χ4v) is 4.04. The normalized spacial score (nSPS) is 36.9. The van der Waals surface area contributed by atoms with Gasteiger partial charge in [0.1, 0.15) is 0 Å². The summed E-state index contributed by atoms with van der Waals surface area (Å²) in [6.07, 6.45) is 0.0128. The Hall–Kier alpha value is -0.170. The van der Waals surface area contributed by atoms with E-state index in [1.807, 2.05) is 6.92 Å². The Kier molecular flexibility index (Phi) is 3.30. The highest BCUT2D eigenvalue weighted by atomic mass is 32.2. The molecule has 0 bridgehead atoms. The van der Waals surface area contributed by atoms with E-state index < -0.39 is 10.0 Å². The lowest BCUT2D eigenvalue weighted by molar-refractivity contribution is 0.0184. The largest absolute Gasteiger partial charge is 0.374 e. The fourth-order valence-electron chi connectivity index (χ4n) is 2.13. The van der Waals surface area contributed by atoms with E-state index in [1.54, 1.807) is 4.31 Å². The number of rotatable bonds is 2. The summed E-state index contributed by atoms with van der Waals surface area (Å²) in [4.78, 5) is 0. The van der Waals surface area contributed by atoms with Crippen LogP contribution in [0.5, 0.6) is 0 Å². The third kappa shape index (κ3) is 2.69. The monoisotopic (exact) mass is 234 g/mol. The van der Waals surface area contributed by atoms with Gasteiger partial charge in [-0.15, -0.1) is 0 Å². The molecular weight excluding hydrogens is 216 g/mol. The predicted molar refractivity (Wildman–Crippen MR) is 57.1 cm³/mol. The van der Waals surface area contributed by atoms with E-state index >= 15 is 0 Å². The Bertz CT molecular complexity index is 311. The van der Waals surface area contributed by atoms with Crippen molar-refractivity contribution in [1.82, 2.24) is 9.62 Å². The Morgan fingerprint density at radius 2 is 2.33 bits per heavy atom. The first-order chi connectivity index (χ1) is 7.08. The van der Waals surface area contributed by atoms with Crippen molar-refractivity contribution in [3.05, 3.63) is 0 Å². The molecule has 2 heterocycles. The zero-order valence-corrected chi connectivity index (χ0v) is 9.79. The van der Waals surface area contributed by atoms with Crippen molar-refractivity contribution in [1.29, 1.82) is 0 Å². The van der Waals surface area contributed by atoms with Crippen molar-refractivity contribution < 1.29 is 13.2 Å². The van der Waals surface area contributed by atoms with Crippen molar-refractivity contribution in [2.45, 2.75) is 13.0 Å². The summed E-state index contributed by atoms with van der Waals surface area (Å²) in [5, 5.41) is 3.20. The van der Waals surface area contributed by atoms with E-state index in [4.69, 9.17) is 4.74 Å². The Balaban J connectivity index is 1.93. The molecule has 2 fully saturated rings. The molecule has 2 aliphatic rings. The molecule has 0 spiro atoms. The number of nitrogens with zero attached hydrogens (tertiary/aromatic N) is 1. The van der Waals surface area contributed by atoms with Crippen LogP contribution < -0.4 is 5.32 Å². The Morgan fingerprint density at radius 1 is 1.53 bits per heavy atom. The van der Waals surface area contributed by atoms with Crippen LogP contribution in [0.2, 0.25) is 0 Å². The fraction of sp³-hybridized carbons (Fsp3) is 1.00. The number of nitrogens with one attached hydrogen (secondary N) is 1. The van der Waals surface area contributed by atoms with Crippen LogP contribution in [0.3, 0.4) is 0 Å². The number of sulfonamides is 1. The van der Waals surface area contributed by atoms with Crippen molar-refractivity contribution in [3.63, 3.8) is 0 Å². The Labute approximate surface area is 90.8 Å². The van der Waals surface area contributed by atoms with Crippen LogP contribution in [0.15, 0.2) is 0 Å². The molecule has 2 rings (SSSR count). The molecule has 88 valence electrons.